The first-order chi connectivity index (χ1) is 17.9. The number of benzene rings is 1. The van der Waals surface area contributed by atoms with Crippen molar-refractivity contribution in [2.75, 3.05) is 0 Å². The molecule has 3 heterocycles. The normalized spacial score (nSPS) is 12.7. The maximum atomic E-state index is 13.1. The summed E-state index contributed by atoms with van der Waals surface area (Å²) in [6, 6.07) is 9.40. The van der Waals surface area contributed by atoms with Crippen LogP contribution in [0.3, 0.4) is 0 Å². The summed E-state index contributed by atoms with van der Waals surface area (Å²) < 4.78 is 42.3. The molecule has 200 valence electrons. The van der Waals surface area contributed by atoms with E-state index < -0.39 is 24.5 Å². The average Bonchev–Trinajstić information content (AvgIpc) is 3.44. The Bertz CT molecular complexity index is 1490. The van der Waals surface area contributed by atoms with E-state index in [1.165, 1.54) is 35.3 Å². The van der Waals surface area contributed by atoms with Crippen molar-refractivity contribution < 1.29 is 23.1 Å². The Morgan fingerprint density at radius 2 is 1.82 bits per heavy atom. The molecule has 0 unspecified atom stereocenters. The van der Waals surface area contributed by atoms with Crippen molar-refractivity contribution in [3.63, 3.8) is 0 Å². The predicted octanol–water partition coefficient (Wildman–Crippen LogP) is 3.08. The molecule has 3 aromatic heterocycles. The average molecular weight is 550 g/mol. The molecule has 1 atom stereocenters. The molecule has 38 heavy (non-hydrogen) atoms. The Kier molecular flexibility index (Phi) is 7.78. The fraction of sp³-hybridized carbons (Fsp3) is 0.333. The van der Waals surface area contributed by atoms with Gasteiger partial charge in [-0.2, -0.15) is 13.2 Å². The quantitative estimate of drug-likeness (QED) is 0.340. The lowest BCUT2D eigenvalue weighted by Gasteiger charge is -2.15. The number of nitrogens with zero attached hydrogens (tertiary/aromatic N) is 7. The van der Waals surface area contributed by atoms with Crippen molar-refractivity contribution in [3.05, 3.63) is 75.9 Å². The lowest BCUT2D eigenvalue weighted by molar-refractivity contribution is -0.207. The van der Waals surface area contributed by atoms with Gasteiger partial charge in [0.2, 0.25) is 0 Å². The van der Waals surface area contributed by atoms with Crippen molar-refractivity contribution in [2.24, 2.45) is 5.92 Å². The number of halogens is 4. The van der Waals surface area contributed by atoms with Crippen molar-refractivity contribution in [3.8, 4) is 17.1 Å². The van der Waals surface area contributed by atoms with Crippen LogP contribution in [0.1, 0.15) is 25.4 Å². The summed E-state index contributed by atoms with van der Waals surface area (Å²) in [5, 5.41) is 18.6. The van der Waals surface area contributed by atoms with Crippen LogP contribution in [0.25, 0.3) is 17.1 Å². The molecular formula is C24H23ClF3N7O3. The smallest absolute Gasteiger partial charge is 0.382 e. The van der Waals surface area contributed by atoms with Crippen molar-refractivity contribution in [2.45, 2.75) is 45.6 Å². The van der Waals surface area contributed by atoms with E-state index >= 15 is 0 Å². The van der Waals surface area contributed by atoms with Gasteiger partial charge in [0.05, 0.1) is 24.3 Å². The first kappa shape index (κ1) is 27.2. The highest BCUT2D eigenvalue weighted by molar-refractivity contribution is 6.30. The Morgan fingerprint density at radius 1 is 1.11 bits per heavy atom. The molecule has 0 saturated carbocycles. The van der Waals surface area contributed by atoms with Gasteiger partial charge in [0, 0.05) is 22.7 Å². The second-order valence-electron chi connectivity index (χ2n) is 8.81. The number of aromatic nitrogens is 7. The molecule has 0 radical (unpaired) electrons. The third kappa shape index (κ3) is 6.00. The highest BCUT2D eigenvalue weighted by Crippen LogP contribution is 2.24. The van der Waals surface area contributed by atoms with E-state index in [4.69, 9.17) is 11.6 Å². The second-order valence-corrected chi connectivity index (χ2v) is 9.25. The third-order valence-corrected chi connectivity index (χ3v) is 5.94. The Balaban J connectivity index is 1.67. The summed E-state index contributed by atoms with van der Waals surface area (Å²) >= 11 is 5.91. The van der Waals surface area contributed by atoms with Crippen LogP contribution in [0.2, 0.25) is 5.02 Å². The minimum Gasteiger partial charge on any atom is -0.382 e. The van der Waals surface area contributed by atoms with Crippen LogP contribution < -0.4 is 5.69 Å². The molecule has 4 aromatic rings. The molecule has 0 fully saturated rings. The number of carbonyl (C=O) groups is 1. The highest BCUT2D eigenvalue weighted by atomic mass is 35.5. The van der Waals surface area contributed by atoms with Crippen LogP contribution in [0.5, 0.6) is 0 Å². The van der Waals surface area contributed by atoms with Gasteiger partial charge < -0.3 is 5.11 Å². The van der Waals surface area contributed by atoms with Crippen molar-refractivity contribution >= 4 is 17.4 Å². The standard InChI is InChI=1S/C24H23ClF3N7O3/c1-14(2)19(36)10-17-18(4-3-9-29-17)35-13-30-21(31-35)12-34-23(38)33(11-20(37)24(26,27)28)22(32-34)15-5-7-16(25)8-6-15/h3-9,13-14,20,37H,10-12H2,1-2H3/t20-/m0/s1. The molecule has 0 aliphatic heterocycles. The van der Waals surface area contributed by atoms with Gasteiger partial charge >= 0.3 is 11.9 Å². The Morgan fingerprint density at radius 3 is 2.47 bits per heavy atom. The zero-order chi connectivity index (χ0) is 27.6. The number of aliphatic hydroxyl groups excluding tert-OH is 1. The maximum absolute atomic E-state index is 13.1. The summed E-state index contributed by atoms with van der Waals surface area (Å²) in [7, 11) is 0. The number of rotatable bonds is 9. The second kappa shape index (κ2) is 10.9. The monoisotopic (exact) mass is 549 g/mol. The first-order valence-corrected chi connectivity index (χ1v) is 11.9. The Labute approximate surface area is 219 Å². The van der Waals surface area contributed by atoms with Gasteiger partial charge in [-0.25, -0.2) is 19.1 Å². The number of hydrogen-bond donors (Lipinski definition) is 1. The van der Waals surface area contributed by atoms with E-state index in [0.29, 0.717) is 22.0 Å². The zero-order valence-corrected chi connectivity index (χ0v) is 21.1. The molecule has 0 spiro atoms. The van der Waals surface area contributed by atoms with Gasteiger partial charge in [-0.05, 0) is 36.4 Å². The number of aliphatic hydroxyl groups is 1. The van der Waals surface area contributed by atoms with Crippen LogP contribution >= 0.6 is 11.6 Å². The minimum atomic E-state index is -4.93. The highest BCUT2D eigenvalue weighted by Gasteiger charge is 2.39. The molecule has 1 N–H and O–H groups in total. The van der Waals surface area contributed by atoms with Gasteiger partial charge in [0.1, 0.15) is 18.7 Å². The number of hydrogen-bond acceptors (Lipinski definition) is 7. The zero-order valence-electron chi connectivity index (χ0n) is 20.3. The summed E-state index contributed by atoms with van der Waals surface area (Å²) in [6.07, 6.45) is -4.68. The number of ketones is 1. The lowest BCUT2D eigenvalue weighted by Crippen LogP contribution is -2.37. The maximum Gasteiger partial charge on any atom is 0.416 e. The van der Waals surface area contributed by atoms with Gasteiger partial charge in [0.25, 0.3) is 0 Å². The molecule has 10 nitrogen and oxygen atoms in total. The van der Waals surface area contributed by atoms with Gasteiger partial charge in [-0.1, -0.05) is 25.4 Å². The number of alkyl halides is 3. The number of pyridine rings is 1. The molecule has 4 rings (SSSR count). The van der Waals surface area contributed by atoms with Crippen molar-refractivity contribution in [1.82, 2.24) is 34.1 Å². The van der Waals surface area contributed by atoms with Gasteiger partial charge in [-0.3, -0.25) is 14.3 Å². The summed E-state index contributed by atoms with van der Waals surface area (Å²) in [4.78, 5) is 33.8. The van der Waals surface area contributed by atoms with Gasteiger partial charge in [-0.15, -0.1) is 10.2 Å². The Hall–Kier alpha value is -3.84. The van der Waals surface area contributed by atoms with Gasteiger partial charge in [0.15, 0.2) is 17.8 Å². The molecule has 0 aliphatic rings. The largest absolute Gasteiger partial charge is 0.416 e. The summed E-state index contributed by atoms with van der Waals surface area (Å²) in [5.41, 5.74) is 0.454. The third-order valence-electron chi connectivity index (χ3n) is 5.69. The van der Waals surface area contributed by atoms with Crippen LogP contribution in [-0.2, 0) is 24.3 Å². The number of Topliss-reactive ketones (excluding diaryl/α,β-unsaturated/α-hetero) is 1. The topological polar surface area (TPSA) is 121 Å². The summed E-state index contributed by atoms with van der Waals surface area (Å²) in [5.74, 6) is -0.126. The van der Waals surface area contributed by atoms with Crippen molar-refractivity contribution in [1.29, 1.82) is 0 Å². The van der Waals surface area contributed by atoms with E-state index in [0.717, 1.165) is 9.25 Å². The fourth-order valence-corrected chi connectivity index (χ4v) is 3.69. The van der Waals surface area contributed by atoms with E-state index in [2.05, 4.69) is 20.2 Å². The molecular weight excluding hydrogens is 527 g/mol. The van der Waals surface area contributed by atoms with Crippen LogP contribution in [-0.4, -0.2) is 57.3 Å². The van der Waals surface area contributed by atoms with E-state index in [9.17, 15) is 27.9 Å². The minimum absolute atomic E-state index is 0.00171. The number of carbonyl (C=O) groups excluding carboxylic acids is 1. The predicted molar refractivity (Wildman–Crippen MR) is 131 cm³/mol. The summed E-state index contributed by atoms with van der Waals surface area (Å²) in [6.45, 7) is 2.27. The molecule has 14 heteroatoms. The van der Waals surface area contributed by atoms with E-state index in [1.807, 2.05) is 0 Å². The van der Waals surface area contributed by atoms with E-state index in [-0.39, 0.29) is 36.3 Å². The molecule has 1 aromatic carbocycles. The molecule has 0 saturated heterocycles. The van der Waals surface area contributed by atoms with E-state index in [1.54, 1.807) is 32.2 Å². The van der Waals surface area contributed by atoms with Crippen LogP contribution in [0.4, 0.5) is 13.2 Å². The molecule has 0 aliphatic carbocycles. The van der Waals surface area contributed by atoms with Crippen LogP contribution in [0, 0.1) is 5.92 Å². The SMILES string of the molecule is CC(C)C(=O)Cc1ncccc1-n1cnc(Cn2nc(-c3ccc(Cl)cc3)n(C[C@H](O)C(F)(F)F)c2=O)n1. The fourth-order valence-electron chi connectivity index (χ4n) is 3.56. The lowest BCUT2D eigenvalue weighted by atomic mass is 10.0. The molecule has 0 bridgehead atoms. The van der Waals surface area contributed by atoms with Crippen LogP contribution in [0.15, 0.2) is 53.7 Å². The molecule has 0 amide bonds. The first-order valence-electron chi connectivity index (χ1n) is 11.5.